The van der Waals surface area contributed by atoms with Crippen molar-refractivity contribution in [2.45, 2.75) is 63.0 Å². The average molecular weight is 236 g/mol. The fraction of sp³-hybridized carbons (Fsp3) is 1.00. The molecule has 0 unspecified atom stereocenters. The minimum absolute atomic E-state index is 0.410. The van der Waals surface area contributed by atoms with Gasteiger partial charge in [-0.15, -0.1) is 0 Å². The SMILES string of the molecule is CCCC[C@@H](O)[C@H]1O[C@H](O)[C@H](O)[C@@H](O)[C@@H]1O. The van der Waals surface area contributed by atoms with Crippen molar-refractivity contribution in [3.05, 3.63) is 0 Å². The van der Waals surface area contributed by atoms with Gasteiger partial charge in [0, 0.05) is 0 Å². The Morgan fingerprint density at radius 1 is 1.06 bits per heavy atom. The fourth-order valence-corrected chi connectivity index (χ4v) is 1.78. The maximum atomic E-state index is 9.71. The molecule has 1 fully saturated rings. The van der Waals surface area contributed by atoms with Crippen molar-refractivity contribution in [2.24, 2.45) is 0 Å². The van der Waals surface area contributed by atoms with Gasteiger partial charge in [0.05, 0.1) is 6.10 Å². The Morgan fingerprint density at radius 2 is 1.69 bits per heavy atom. The van der Waals surface area contributed by atoms with Crippen molar-refractivity contribution in [1.82, 2.24) is 0 Å². The van der Waals surface area contributed by atoms with Gasteiger partial charge in [-0.05, 0) is 6.42 Å². The van der Waals surface area contributed by atoms with Gasteiger partial charge in [0.2, 0.25) is 0 Å². The molecule has 0 aromatic rings. The second kappa shape index (κ2) is 5.90. The molecule has 0 aromatic carbocycles. The molecule has 0 bridgehead atoms. The predicted molar refractivity (Wildman–Crippen MR) is 54.4 cm³/mol. The smallest absolute Gasteiger partial charge is 0.184 e. The summed E-state index contributed by atoms with van der Waals surface area (Å²) in [5, 5.41) is 47.2. The Morgan fingerprint density at radius 3 is 2.25 bits per heavy atom. The van der Waals surface area contributed by atoms with Gasteiger partial charge in [-0.1, -0.05) is 19.8 Å². The number of aliphatic hydroxyl groups is 5. The highest BCUT2D eigenvalue weighted by atomic mass is 16.6. The highest BCUT2D eigenvalue weighted by Crippen LogP contribution is 2.23. The van der Waals surface area contributed by atoms with E-state index >= 15 is 0 Å². The van der Waals surface area contributed by atoms with E-state index in [1.165, 1.54) is 0 Å². The standard InChI is InChI=1S/C10H20O6/c1-2-3-4-5(11)9-7(13)6(12)8(14)10(15)16-9/h5-15H,2-4H2,1H3/t5-,6+,7+,8-,9-,10+/m1/s1. The zero-order chi connectivity index (χ0) is 12.3. The fourth-order valence-electron chi connectivity index (χ4n) is 1.78. The van der Waals surface area contributed by atoms with Crippen LogP contribution in [0.25, 0.3) is 0 Å². The van der Waals surface area contributed by atoms with Crippen molar-refractivity contribution < 1.29 is 30.3 Å². The van der Waals surface area contributed by atoms with Gasteiger partial charge in [-0.25, -0.2) is 0 Å². The van der Waals surface area contributed by atoms with Crippen molar-refractivity contribution in [2.75, 3.05) is 0 Å². The van der Waals surface area contributed by atoms with E-state index in [0.717, 1.165) is 12.8 Å². The molecule has 5 N–H and O–H groups in total. The predicted octanol–water partition coefficient (Wildman–Crippen LogP) is -1.66. The van der Waals surface area contributed by atoms with Gasteiger partial charge in [-0.2, -0.15) is 0 Å². The number of hydrogen-bond donors (Lipinski definition) is 5. The molecule has 6 heteroatoms. The Kier molecular flexibility index (Phi) is 5.10. The summed E-state index contributed by atoms with van der Waals surface area (Å²) >= 11 is 0. The molecule has 1 aliphatic heterocycles. The summed E-state index contributed by atoms with van der Waals surface area (Å²) in [5.41, 5.74) is 0. The van der Waals surface area contributed by atoms with E-state index in [0.29, 0.717) is 6.42 Å². The van der Waals surface area contributed by atoms with Gasteiger partial charge in [-0.3, -0.25) is 0 Å². The third kappa shape index (κ3) is 2.91. The minimum Gasteiger partial charge on any atom is -0.390 e. The van der Waals surface area contributed by atoms with Gasteiger partial charge in [0.15, 0.2) is 6.29 Å². The molecule has 1 aliphatic rings. The van der Waals surface area contributed by atoms with Crippen LogP contribution in [-0.4, -0.2) is 62.3 Å². The van der Waals surface area contributed by atoms with Crippen LogP contribution in [0.4, 0.5) is 0 Å². The van der Waals surface area contributed by atoms with E-state index < -0.39 is 36.8 Å². The molecule has 1 saturated heterocycles. The number of unbranched alkanes of at least 4 members (excludes halogenated alkanes) is 1. The molecule has 1 heterocycles. The van der Waals surface area contributed by atoms with Gasteiger partial charge in [0.25, 0.3) is 0 Å². The minimum atomic E-state index is -1.58. The summed E-state index contributed by atoms with van der Waals surface area (Å²) < 4.78 is 4.89. The summed E-state index contributed by atoms with van der Waals surface area (Å²) in [6, 6.07) is 0. The van der Waals surface area contributed by atoms with Crippen LogP contribution in [0.1, 0.15) is 26.2 Å². The number of ether oxygens (including phenoxy) is 1. The van der Waals surface area contributed by atoms with E-state index in [4.69, 9.17) is 4.74 Å². The normalized spacial score (nSPS) is 42.0. The Balaban J connectivity index is 2.59. The molecular formula is C10H20O6. The number of aliphatic hydroxyl groups excluding tert-OH is 5. The Hall–Kier alpha value is -0.240. The molecule has 0 aromatic heterocycles. The van der Waals surface area contributed by atoms with Crippen LogP contribution in [-0.2, 0) is 4.74 Å². The first kappa shape index (κ1) is 13.8. The number of hydrogen-bond acceptors (Lipinski definition) is 6. The van der Waals surface area contributed by atoms with Crippen LogP contribution >= 0.6 is 0 Å². The van der Waals surface area contributed by atoms with Crippen LogP contribution in [0.5, 0.6) is 0 Å². The van der Waals surface area contributed by atoms with Crippen LogP contribution in [0.3, 0.4) is 0 Å². The van der Waals surface area contributed by atoms with Crippen LogP contribution in [0.15, 0.2) is 0 Å². The summed E-state index contributed by atoms with van der Waals surface area (Å²) in [6.07, 6.45) is -6.03. The lowest BCUT2D eigenvalue weighted by Crippen LogP contribution is -2.60. The average Bonchev–Trinajstić information content (AvgIpc) is 2.28. The van der Waals surface area contributed by atoms with Crippen LogP contribution < -0.4 is 0 Å². The highest BCUT2D eigenvalue weighted by Gasteiger charge is 2.45. The monoisotopic (exact) mass is 236 g/mol. The first-order chi connectivity index (χ1) is 7.49. The maximum absolute atomic E-state index is 9.71. The summed E-state index contributed by atoms with van der Waals surface area (Å²) in [4.78, 5) is 0. The van der Waals surface area contributed by atoms with E-state index in [9.17, 15) is 25.5 Å². The molecule has 16 heavy (non-hydrogen) atoms. The van der Waals surface area contributed by atoms with Crippen molar-refractivity contribution >= 4 is 0 Å². The van der Waals surface area contributed by atoms with Gasteiger partial charge in [0.1, 0.15) is 24.4 Å². The molecule has 1 rings (SSSR count). The Bertz CT molecular complexity index is 211. The molecule has 0 amide bonds. The summed E-state index contributed by atoms with van der Waals surface area (Å²) in [6.45, 7) is 1.96. The van der Waals surface area contributed by atoms with Crippen molar-refractivity contribution in [1.29, 1.82) is 0 Å². The second-order valence-electron chi connectivity index (χ2n) is 4.17. The molecule has 0 aliphatic carbocycles. The molecule has 0 saturated carbocycles. The third-order valence-electron chi connectivity index (χ3n) is 2.86. The first-order valence-electron chi connectivity index (χ1n) is 5.54. The quantitative estimate of drug-likeness (QED) is 0.399. The lowest BCUT2D eigenvalue weighted by molar-refractivity contribution is -0.297. The molecule has 96 valence electrons. The molecular weight excluding hydrogens is 216 g/mol. The van der Waals surface area contributed by atoms with E-state index in [1.807, 2.05) is 6.92 Å². The number of rotatable bonds is 4. The highest BCUT2D eigenvalue weighted by molar-refractivity contribution is 4.91. The summed E-state index contributed by atoms with van der Waals surface area (Å²) in [7, 11) is 0. The maximum Gasteiger partial charge on any atom is 0.184 e. The van der Waals surface area contributed by atoms with Crippen LogP contribution in [0, 0.1) is 0 Å². The first-order valence-corrected chi connectivity index (χ1v) is 5.54. The van der Waals surface area contributed by atoms with Crippen molar-refractivity contribution in [3.63, 3.8) is 0 Å². The molecule has 0 radical (unpaired) electrons. The molecule has 0 spiro atoms. The lowest BCUT2D eigenvalue weighted by atomic mass is 9.93. The summed E-state index contributed by atoms with van der Waals surface area (Å²) in [5.74, 6) is 0. The van der Waals surface area contributed by atoms with Crippen molar-refractivity contribution in [3.8, 4) is 0 Å². The second-order valence-corrected chi connectivity index (χ2v) is 4.17. The van der Waals surface area contributed by atoms with Crippen LogP contribution in [0.2, 0.25) is 0 Å². The van der Waals surface area contributed by atoms with Gasteiger partial charge < -0.3 is 30.3 Å². The molecule has 6 atom stereocenters. The van der Waals surface area contributed by atoms with E-state index in [2.05, 4.69) is 0 Å². The Labute approximate surface area is 94.1 Å². The lowest BCUT2D eigenvalue weighted by Gasteiger charge is -2.40. The third-order valence-corrected chi connectivity index (χ3v) is 2.86. The van der Waals surface area contributed by atoms with E-state index in [1.54, 1.807) is 0 Å². The zero-order valence-electron chi connectivity index (χ0n) is 9.23. The van der Waals surface area contributed by atoms with E-state index in [-0.39, 0.29) is 0 Å². The molecule has 6 nitrogen and oxygen atoms in total. The largest absolute Gasteiger partial charge is 0.390 e. The topological polar surface area (TPSA) is 110 Å². The zero-order valence-corrected chi connectivity index (χ0v) is 9.23. The van der Waals surface area contributed by atoms with Gasteiger partial charge >= 0.3 is 0 Å².